The zero-order chi connectivity index (χ0) is 41.5. The van der Waals surface area contributed by atoms with Gasteiger partial charge in [-0.3, -0.25) is 0 Å². The van der Waals surface area contributed by atoms with Crippen molar-refractivity contribution in [1.29, 1.82) is 0 Å². The van der Waals surface area contributed by atoms with Crippen molar-refractivity contribution < 1.29 is 0 Å². The molecule has 294 valence electrons. The molecule has 11 aromatic rings. The van der Waals surface area contributed by atoms with E-state index in [9.17, 15) is 0 Å². The number of aryl methyl sites for hydroxylation is 2. The van der Waals surface area contributed by atoms with Crippen molar-refractivity contribution in [1.82, 2.24) is 0 Å². The fourth-order valence-corrected chi connectivity index (χ4v) is 12.0. The summed E-state index contributed by atoms with van der Waals surface area (Å²) >= 11 is 3.75. The van der Waals surface area contributed by atoms with Gasteiger partial charge < -0.3 is 9.80 Å². The molecule has 2 nitrogen and oxygen atoms in total. The van der Waals surface area contributed by atoms with E-state index in [2.05, 4.69) is 215 Å². The minimum absolute atomic E-state index is 1.00. The maximum atomic E-state index is 4.38. The number of benzene rings is 9. The average Bonchev–Trinajstić information content (AvgIpc) is 3.83. The first-order valence-electron chi connectivity index (χ1n) is 20.9. The van der Waals surface area contributed by atoms with Crippen LogP contribution in [0.3, 0.4) is 0 Å². The minimum atomic E-state index is 1.00. The molecule has 0 aliphatic rings. The summed E-state index contributed by atoms with van der Waals surface area (Å²) in [5.74, 6) is 0. The van der Waals surface area contributed by atoms with Crippen LogP contribution in [0.2, 0.25) is 0 Å². The van der Waals surface area contributed by atoms with Crippen molar-refractivity contribution in [3.05, 3.63) is 198 Å². The Balaban J connectivity index is 1.21. The summed E-state index contributed by atoms with van der Waals surface area (Å²) in [6, 6.07) is 56.8. The lowest BCUT2D eigenvalue weighted by Crippen LogP contribution is -2.16. The number of fused-ring (bicyclic) bond motifs is 6. The van der Waals surface area contributed by atoms with Gasteiger partial charge in [-0.05, 0) is 128 Å². The molecule has 0 N–H and O–H groups in total. The lowest BCUT2D eigenvalue weighted by atomic mass is 9.91. The molecule has 0 amide bonds. The first-order chi connectivity index (χ1) is 29.7. The molecular formula is C57H44N2S2. The molecule has 2 aromatic heterocycles. The van der Waals surface area contributed by atoms with Crippen LogP contribution >= 0.6 is 22.7 Å². The molecule has 2 heterocycles. The zero-order valence-electron chi connectivity index (χ0n) is 35.0. The fourth-order valence-electron chi connectivity index (χ4n) is 9.59. The number of rotatable bonds is 8. The minimum Gasteiger partial charge on any atom is -0.308 e. The third-order valence-corrected chi connectivity index (χ3v) is 14.3. The Morgan fingerprint density at radius 3 is 1.57 bits per heavy atom. The Morgan fingerprint density at radius 1 is 0.475 bits per heavy atom. The van der Waals surface area contributed by atoms with E-state index in [-0.39, 0.29) is 0 Å². The largest absolute Gasteiger partial charge is 0.308 e. The molecule has 0 radical (unpaired) electrons. The number of hydrogen-bond donors (Lipinski definition) is 0. The van der Waals surface area contributed by atoms with Crippen LogP contribution in [0.1, 0.15) is 31.9 Å². The smallest absolute Gasteiger partial charge is 0.0640 e. The summed E-state index contributed by atoms with van der Waals surface area (Å²) in [6.07, 6.45) is 4.53. The van der Waals surface area contributed by atoms with E-state index >= 15 is 0 Å². The molecule has 0 aliphatic carbocycles. The number of thiophene rings is 2. The standard InChI is InChI=1S/C57H44N2S2/c1-34(2)29-40(30-35(3)4)58(50-17-11-15-44-42-13-7-9-19-52(42)60-56(44)50)48-27-23-38-22-26-47-49(28-24-39-21-25-46(48)54(38)55(39)47)59(41-32-36(5)31-37(6)33-41)51-18-12-16-45-43-14-8-10-20-53(43)61-57(45)51/h7-33H,1H2,2-6H3/b40-29+. The fraction of sp³-hybridized carbons (Fsp3) is 0.0877. The molecule has 0 atom stereocenters. The lowest BCUT2D eigenvalue weighted by Gasteiger charge is -2.30. The van der Waals surface area contributed by atoms with E-state index in [1.807, 2.05) is 22.7 Å². The van der Waals surface area contributed by atoms with Crippen LogP contribution in [-0.4, -0.2) is 0 Å². The van der Waals surface area contributed by atoms with Gasteiger partial charge in [0.1, 0.15) is 0 Å². The Labute approximate surface area is 364 Å². The molecule has 0 aliphatic heterocycles. The van der Waals surface area contributed by atoms with Gasteiger partial charge in [0.25, 0.3) is 0 Å². The summed E-state index contributed by atoms with van der Waals surface area (Å²) in [5, 5.41) is 12.6. The number of nitrogens with zero attached hydrogens (tertiary/aromatic N) is 2. The molecule has 0 saturated heterocycles. The van der Waals surface area contributed by atoms with Crippen LogP contribution in [0, 0.1) is 13.8 Å². The van der Waals surface area contributed by atoms with E-state index in [4.69, 9.17) is 0 Å². The molecule has 9 aromatic carbocycles. The van der Waals surface area contributed by atoms with Gasteiger partial charge in [-0.25, -0.2) is 0 Å². The highest BCUT2D eigenvalue weighted by Gasteiger charge is 2.25. The van der Waals surface area contributed by atoms with Gasteiger partial charge in [-0.1, -0.05) is 121 Å². The third-order valence-electron chi connectivity index (χ3n) is 11.9. The van der Waals surface area contributed by atoms with Crippen LogP contribution in [0.25, 0.3) is 72.7 Å². The zero-order valence-corrected chi connectivity index (χ0v) is 36.6. The summed E-state index contributed by atoms with van der Waals surface area (Å²) in [6.45, 7) is 15.2. The molecule has 61 heavy (non-hydrogen) atoms. The summed E-state index contributed by atoms with van der Waals surface area (Å²) in [4.78, 5) is 5.00. The topological polar surface area (TPSA) is 6.48 Å². The quantitative estimate of drug-likeness (QED) is 0.111. The average molecular weight is 821 g/mol. The number of hydrogen-bond acceptors (Lipinski definition) is 4. The van der Waals surface area contributed by atoms with E-state index in [1.54, 1.807) is 0 Å². The Morgan fingerprint density at radius 2 is 0.984 bits per heavy atom. The van der Waals surface area contributed by atoms with Crippen LogP contribution in [0.5, 0.6) is 0 Å². The molecule has 0 spiro atoms. The highest BCUT2D eigenvalue weighted by Crippen LogP contribution is 2.51. The SMILES string of the molecule is C=C(C)/C=C(\C=C(C)C)N(c1ccc2ccc3c(N(c4cc(C)cc(C)c4)c4cccc5c4sc4ccccc45)ccc4ccc1c2c43)c1cccc2c1sc1ccccc12. The maximum Gasteiger partial charge on any atom is 0.0640 e. The molecular weight excluding hydrogens is 777 g/mol. The summed E-state index contributed by atoms with van der Waals surface area (Å²) in [7, 11) is 0. The molecule has 0 fully saturated rings. The van der Waals surface area contributed by atoms with E-state index in [0.29, 0.717) is 0 Å². The first-order valence-corrected chi connectivity index (χ1v) is 22.6. The highest BCUT2D eigenvalue weighted by molar-refractivity contribution is 7.26. The van der Waals surface area contributed by atoms with Crippen molar-refractivity contribution >= 4 is 124 Å². The monoisotopic (exact) mass is 820 g/mol. The molecule has 0 unspecified atom stereocenters. The number of anilines is 5. The van der Waals surface area contributed by atoms with Crippen molar-refractivity contribution in [3.63, 3.8) is 0 Å². The molecule has 4 heteroatoms. The van der Waals surface area contributed by atoms with E-state index < -0.39 is 0 Å². The van der Waals surface area contributed by atoms with Crippen LogP contribution in [0.4, 0.5) is 28.4 Å². The van der Waals surface area contributed by atoms with Crippen molar-refractivity contribution in [3.8, 4) is 0 Å². The predicted molar refractivity (Wildman–Crippen MR) is 271 cm³/mol. The Kier molecular flexibility index (Phi) is 8.85. The highest BCUT2D eigenvalue weighted by atomic mass is 32.1. The lowest BCUT2D eigenvalue weighted by molar-refractivity contribution is 1.20. The van der Waals surface area contributed by atoms with Gasteiger partial charge >= 0.3 is 0 Å². The van der Waals surface area contributed by atoms with Crippen molar-refractivity contribution in [2.45, 2.75) is 34.6 Å². The second kappa shape index (κ2) is 14.5. The van der Waals surface area contributed by atoms with Gasteiger partial charge in [-0.15, -0.1) is 22.7 Å². The van der Waals surface area contributed by atoms with Crippen molar-refractivity contribution in [2.24, 2.45) is 0 Å². The second-order valence-corrected chi connectivity index (χ2v) is 18.9. The van der Waals surface area contributed by atoms with Gasteiger partial charge in [0.15, 0.2) is 0 Å². The van der Waals surface area contributed by atoms with Crippen LogP contribution in [0.15, 0.2) is 187 Å². The summed E-state index contributed by atoms with van der Waals surface area (Å²) < 4.78 is 5.15. The van der Waals surface area contributed by atoms with Gasteiger partial charge in [0.2, 0.25) is 0 Å². The summed E-state index contributed by atoms with van der Waals surface area (Å²) in [5.41, 5.74) is 11.6. The normalized spacial score (nSPS) is 12.2. The first kappa shape index (κ1) is 37.3. The maximum absolute atomic E-state index is 4.38. The molecule has 11 rings (SSSR count). The van der Waals surface area contributed by atoms with Gasteiger partial charge in [0, 0.05) is 53.1 Å². The van der Waals surface area contributed by atoms with Gasteiger partial charge in [0.05, 0.1) is 32.1 Å². The van der Waals surface area contributed by atoms with E-state index in [1.165, 1.54) is 101 Å². The molecule has 0 saturated carbocycles. The van der Waals surface area contributed by atoms with Crippen molar-refractivity contribution in [2.75, 3.05) is 9.80 Å². The van der Waals surface area contributed by atoms with Crippen LogP contribution in [-0.2, 0) is 0 Å². The van der Waals surface area contributed by atoms with Crippen LogP contribution < -0.4 is 9.80 Å². The van der Waals surface area contributed by atoms with Gasteiger partial charge in [-0.2, -0.15) is 0 Å². The van der Waals surface area contributed by atoms with E-state index in [0.717, 1.165) is 28.3 Å². The Bertz CT molecular complexity index is 3610. The Hall–Kier alpha value is -6.72. The number of allylic oxidation sites excluding steroid dienone is 4. The third kappa shape index (κ3) is 6.12. The molecule has 0 bridgehead atoms. The predicted octanol–water partition coefficient (Wildman–Crippen LogP) is 18.0. The second-order valence-electron chi connectivity index (χ2n) is 16.7.